The zero-order chi connectivity index (χ0) is 10.6. The van der Waals surface area contributed by atoms with Gasteiger partial charge in [0.1, 0.15) is 0 Å². The van der Waals surface area contributed by atoms with Gasteiger partial charge in [-0.2, -0.15) is 0 Å². The van der Waals surface area contributed by atoms with Gasteiger partial charge in [-0.1, -0.05) is 17.7 Å². The largest absolute Gasteiger partial charge is 0.358 e. The standard InChI is InChI=1S/C11H15NOS/c1-8-4-5-10(9(2)6-8)14-7-11(13)12-3/h4-6H,7H2,1-3H3,(H,12,13). The molecule has 0 bridgehead atoms. The Bertz CT molecular complexity index is 336. The van der Waals surface area contributed by atoms with Crippen LogP contribution >= 0.6 is 11.8 Å². The van der Waals surface area contributed by atoms with Crippen LogP contribution in [0.3, 0.4) is 0 Å². The summed E-state index contributed by atoms with van der Waals surface area (Å²) in [4.78, 5) is 12.2. The van der Waals surface area contributed by atoms with Crippen LogP contribution in [0.25, 0.3) is 0 Å². The molecule has 1 aromatic rings. The second-order valence-corrected chi connectivity index (χ2v) is 4.25. The first-order valence-electron chi connectivity index (χ1n) is 4.54. The van der Waals surface area contributed by atoms with Gasteiger partial charge in [-0.15, -0.1) is 11.8 Å². The third-order valence-corrected chi connectivity index (χ3v) is 3.14. The molecule has 0 unspecified atom stereocenters. The molecule has 0 aromatic heterocycles. The van der Waals surface area contributed by atoms with Crippen molar-refractivity contribution in [1.29, 1.82) is 0 Å². The lowest BCUT2D eigenvalue weighted by Crippen LogP contribution is -2.19. The van der Waals surface area contributed by atoms with Crippen LogP contribution in [0, 0.1) is 13.8 Å². The van der Waals surface area contributed by atoms with Crippen LogP contribution in [-0.4, -0.2) is 18.7 Å². The molecule has 0 atom stereocenters. The summed E-state index contributed by atoms with van der Waals surface area (Å²) < 4.78 is 0. The first-order valence-corrected chi connectivity index (χ1v) is 5.52. The smallest absolute Gasteiger partial charge is 0.230 e. The molecule has 0 aliphatic carbocycles. The molecule has 0 radical (unpaired) electrons. The van der Waals surface area contributed by atoms with E-state index in [1.807, 2.05) is 0 Å². The molecule has 0 saturated heterocycles. The monoisotopic (exact) mass is 209 g/mol. The van der Waals surface area contributed by atoms with E-state index in [0.717, 1.165) is 0 Å². The highest BCUT2D eigenvalue weighted by molar-refractivity contribution is 8.00. The molecule has 1 amide bonds. The van der Waals surface area contributed by atoms with Gasteiger partial charge in [0.05, 0.1) is 5.75 Å². The minimum atomic E-state index is 0.0648. The molecule has 76 valence electrons. The highest BCUT2D eigenvalue weighted by Crippen LogP contribution is 2.22. The van der Waals surface area contributed by atoms with E-state index in [2.05, 4.69) is 37.4 Å². The number of hydrogen-bond acceptors (Lipinski definition) is 2. The van der Waals surface area contributed by atoms with Gasteiger partial charge in [0, 0.05) is 11.9 Å². The summed E-state index contributed by atoms with van der Waals surface area (Å²) in [5, 5.41) is 2.61. The molecule has 0 aliphatic heterocycles. The number of thioether (sulfide) groups is 1. The highest BCUT2D eigenvalue weighted by atomic mass is 32.2. The van der Waals surface area contributed by atoms with Gasteiger partial charge < -0.3 is 5.32 Å². The summed E-state index contributed by atoms with van der Waals surface area (Å²) in [5.41, 5.74) is 2.49. The van der Waals surface area contributed by atoms with Crippen molar-refractivity contribution < 1.29 is 4.79 Å². The van der Waals surface area contributed by atoms with Gasteiger partial charge in [-0.25, -0.2) is 0 Å². The van der Waals surface area contributed by atoms with Crippen LogP contribution in [0.5, 0.6) is 0 Å². The molecule has 1 N–H and O–H groups in total. The van der Waals surface area contributed by atoms with Crippen LogP contribution in [0.15, 0.2) is 23.1 Å². The zero-order valence-electron chi connectivity index (χ0n) is 8.76. The predicted octanol–water partition coefficient (Wildman–Crippen LogP) is 2.14. The Balaban J connectivity index is 2.63. The first kappa shape index (κ1) is 11.1. The second kappa shape index (κ2) is 5.05. The van der Waals surface area contributed by atoms with Crippen molar-refractivity contribution in [2.24, 2.45) is 0 Å². The Hall–Kier alpha value is -0.960. The van der Waals surface area contributed by atoms with E-state index in [0.29, 0.717) is 5.75 Å². The van der Waals surface area contributed by atoms with Crippen molar-refractivity contribution in [3.05, 3.63) is 29.3 Å². The molecule has 0 heterocycles. The summed E-state index contributed by atoms with van der Waals surface area (Å²) >= 11 is 1.58. The minimum Gasteiger partial charge on any atom is -0.358 e. The number of benzene rings is 1. The van der Waals surface area contributed by atoms with Gasteiger partial charge in [-0.05, 0) is 25.5 Å². The van der Waals surface area contributed by atoms with E-state index < -0.39 is 0 Å². The number of carbonyl (C=O) groups excluding carboxylic acids is 1. The van der Waals surface area contributed by atoms with Crippen LogP contribution in [-0.2, 0) is 4.79 Å². The fraction of sp³-hybridized carbons (Fsp3) is 0.364. The Morgan fingerprint density at radius 1 is 1.43 bits per heavy atom. The molecule has 1 rings (SSSR count). The lowest BCUT2D eigenvalue weighted by molar-refractivity contribution is -0.118. The number of hydrogen-bond donors (Lipinski definition) is 1. The maximum Gasteiger partial charge on any atom is 0.230 e. The number of aryl methyl sites for hydroxylation is 2. The molecule has 2 nitrogen and oxygen atoms in total. The lowest BCUT2D eigenvalue weighted by atomic mass is 10.2. The average molecular weight is 209 g/mol. The summed E-state index contributed by atoms with van der Waals surface area (Å²) in [6, 6.07) is 6.27. The van der Waals surface area contributed by atoms with Gasteiger partial charge in [0.2, 0.25) is 5.91 Å². The van der Waals surface area contributed by atoms with Gasteiger partial charge in [-0.3, -0.25) is 4.79 Å². The van der Waals surface area contributed by atoms with Crippen LogP contribution in [0.2, 0.25) is 0 Å². The van der Waals surface area contributed by atoms with Crippen molar-refractivity contribution in [1.82, 2.24) is 5.32 Å². The van der Waals surface area contributed by atoms with E-state index >= 15 is 0 Å². The molecule has 0 aliphatic rings. The fourth-order valence-electron chi connectivity index (χ4n) is 1.18. The molecule has 0 saturated carbocycles. The van der Waals surface area contributed by atoms with Gasteiger partial charge in [0.15, 0.2) is 0 Å². The highest BCUT2D eigenvalue weighted by Gasteiger charge is 2.02. The lowest BCUT2D eigenvalue weighted by Gasteiger charge is -2.05. The van der Waals surface area contributed by atoms with Crippen molar-refractivity contribution in [2.75, 3.05) is 12.8 Å². The van der Waals surface area contributed by atoms with Gasteiger partial charge in [0.25, 0.3) is 0 Å². The van der Waals surface area contributed by atoms with E-state index in [1.165, 1.54) is 16.0 Å². The zero-order valence-corrected chi connectivity index (χ0v) is 9.57. The fourth-order valence-corrected chi connectivity index (χ4v) is 2.06. The number of carbonyl (C=O) groups is 1. The van der Waals surface area contributed by atoms with E-state index in [4.69, 9.17) is 0 Å². The molecular formula is C11H15NOS. The second-order valence-electron chi connectivity index (χ2n) is 3.23. The van der Waals surface area contributed by atoms with Crippen LogP contribution in [0.1, 0.15) is 11.1 Å². The molecule has 14 heavy (non-hydrogen) atoms. The Morgan fingerprint density at radius 3 is 2.71 bits per heavy atom. The van der Waals surface area contributed by atoms with E-state index in [-0.39, 0.29) is 5.91 Å². The topological polar surface area (TPSA) is 29.1 Å². The quantitative estimate of drug-likeness (QED) is 0.773. The molecule has 0 spiro atoms. The predicted molar refractivity (Wildman–Crippen MR) is 60.7 cm³/mol. The normalized spacial score (nSPS) is 9.93. The summed E-state index contributed by atoms with van der Waals surface area (Å²) in [6.45, 7) is 4.14. The summed E-state index contributed by atoms with van der Waals surface area (Å²) in [7, 11) is 1.66. The summed E-state index contributed by atoms with van der Waals surface area (Å²) in [5.74, 6) is 0.551. The number of rotatable bonds is 3. The van der Waals surface area contributed by atoms with Crippen LogP contribution < -0.4 is 5.32 Å². The van der Waals surface area contributed by atoms with Crippen molar-refractivity contribution >= 4 is 17.7 Å². The molecule has 1 aromatic carbocycles. The van der Waals surface area contributed by atoms with Crippen LogP contribution in [0.4, 0.5) is 0 Å². The summed E-state index contributed by atoms with van der Waals surface area (Å²) in [6.07, 6.45) is 0. The molecular weight excluding hydrogens is 194 g/mol. The van der Waals surface area contributed by atoms with E-state index in [1.54, 1.807) is 18.8 Å². The third kappa shape index (κ3) is 3.07. The maximum absolute atomic E-state index is 11.0. The Labute approximate surface area is 89.1 Å². The maximum atomic E-state index is 11.0. The van der Waals surface area contributed by atoms with Crippen molar-refractivity contribution in [2.45, 2.75) is 18.7 Å². The SMILES string of the molecule is CNC(=O)CSc1ccc(C)cc1C. The minimum absolute atomic E-state index is 0.0648. The van der Waals surface area contributed by atoms with Crippen molar-refractivity contribution in [3.8, 4) is 0 Å². The third-order valence-electron chi connectivity index (χ3n) is 1.97. The molecule has 0 fully saturated rings. The van der Waals surface area contributed by atoms with Gasteiger partial charge >= 0.3 is 0 Å². The Kier molecular flexibility index (Phi) is 4.01. The average Bonchev–Trinajstić information content (AvgIpc) is 2.16. The molecule has 3 heteroatoms. The van der Waals surface area contributed by atoms with E-state index in [9.17, 15) is 4.79 Å². The number of amides is 1. The Morgan fingerprint density at radius 2 is 2.14 bits per heavy atom. The first-order chi connectivity index (χ1) is 6.63. The number of nitrogens with one attached hydrogen (secondary N) is 1. The van der Waals surface area contributed by atoms with Crippen molar-refractivity contribution in [3.63, 3.8) is 0 Å².